The van der Waals surface area contributed by atoms with Crippen LogP contribution in [0.2, 0.25) is 0 Å². The molecule has 1 N–H and O–H groups in total. The molecule has 1 atom stereocenters. The lowest BCUT2D eigenvalue weighted by atomic mass is 9.90. The Morgan fingerprint density at radius 3 is 2.84 bits per heavy atom. The highest BCUT2D eigenvalue weighted by molar-refractivity contribution is 5.94. The van der Waals surface area contributed by atoms with E-state index in [0.29, 0.717) is 18.8 Å². The van der Waals surface area contributed by atoms with Crippen LogP contribution in [-0.2, 0) is 18.3 Å². The maximum Gasteiger partial charge on any atom is 0.252 e. The molecule has 0 bridgehead atoms. The van der Waals surface area contributed by atoms with Gasteiger partial charge in [0.1, 0.15) is 5.82 Å². The fourth-order valence-corrected chi connectivity index (χ4v) is 3.22. The minimum Gasteiger partial charge on any atom is -0.381 e. The van der Waals surface area contributed by atoms with Crippen molar-refractivity contribution in [2.75, 3.05) is 13.2 Å². The highest BCUT2D eigenvalue weighted by atomic mass is 16.5. The van der Waals surface area contributed by atoms with Crippen LogP contribution in [0, 0.1) is 5.92 Å². The SMILES string of the molecule is CCn1ccnc1C(NC(=O)c1ccn(C)c(=O)c1)C1CCOCC1. The number of hydrogen-bond acceptors (Lipinski definition) is 4. The van der Waals surface area contributed by atoms with Gasteiger partial charge >= 0.3 is 0 Å². The van der Waals surface area contributed by atoms with Crippen molar-refractivity contribution in [3.05, 3.63) is 52.5 Å². The van der Waals surface area contributed by atoms with Crippen molar-refractivity contribution >= 4 is 5.91 Å². The van der Waals surface area contributed by atoms with Crippen molar-refractivity contribution in [1.82, 2.24) is 19.4 Å². The van der Waals surface area contributed by atoms with Gasteiger partial charge in [-0.2, -0.15) is 0 Å². The van der Waals surface area contributed by atoms with Gasteiger partial charge < -0.3 is 19.2 Å². The van der Waals surface area contributed by atoms with Gasteiger partial charge in [0.05, 0.1) is 6.04 Å². The number of aryl methyl sites for hydroxylation is 2. The number of nitrogens with one attached hydrogen (secondary N) is 1. The Labute approximate surface area is 146 Å². The Morgan fingerprint density at radius 2 is 2.16 bits per heavy atom. The molecule has 1 fully saturated rings. The van der Waals surface area contributed by atoms with Crippen LogP contribution in [0.15, 0.2) is 35.5 Å². The summed E-state index contributed by atoms with van der Waals surface area (Å²) in [5, 5.41) is 3.10. The number of carbonyl (C=O) groups excluding carboxylic acids is 1. The van der Waals surface area contributed by atoms with Crippen LogP contribution in [0.4, 0.5) is 0 Å². The molecule has 1 saturated heterocycles. The third kappa shape index (κ3) is 3.82. The lowest BCUT2D eigenvalue weighted by Crippen LogP contribution is -2.38. The van der Waals surface area contributed by atoms with E-state index >= 15 is 0 Å². The molecule has 1 aliphatic rings. The molecule has 7 heteroatoms. The van der Waals surface area contributed by atoms with Crippen LogP contribution in [0.1, 0.15) is 42.0 Å². The van der Waals surface area contributed by atoms with Gasteiger partial charge in [-0.15, -0.1) is 0 Å². The first-order chi connectivity index (χ1) is 12.1. The van der Waals surface area contributed by atoms with Crippen LogP contribution in [-0.4, -0.2) is 33.2 Å². The quantitative estimate of drug-likeness (QED) is 0.892. The van der Waals surface area contributed by atoms with Crippen LogP contribution in [0.25, 0.3) is 0 Å². The lowest BCUT2D eigenvalue weighted by Gasteiger charge is -2.31. The smallest absolute Gasteiger partial charge is 0.252 e. The standard InChI is InChI=1S/C18H24N4O3/c1-3-22-9-7-19-17(22)16(13-5-10-25-11-6-13)20-18(24)14-4-8-21(2)15(23)12-14/h4,7-9,12-13,16H,3,5-6,10-11H2,1-2H3,(H,20,24). The van der Waals surface area contributed by atoms with Crippen molar-refractivity contribution < 1.29 is 9.53 Å². The van der Waals surface area contributed by atoms with Gasteiger partial charge in [-0.25, -0.2) is 4.98 Å². The fourth-order valence-electron chi connectivity index (χ4n) is 3.22. The zero-order chi connectivity index (χ0) is 17.8. The lowest BCUT2D eigenvalue weighted by molar-refractivity contribution is 0.0498. The number of hydrogen-bond donors (Lipinski definition) is 1. The van der Waals surface area contributed by atoms with Crippen molar-refractivity contribution in [2.45, 2.75) is 32.4 Å². The summed E-state index contributed by atoms with van der Waals surface area (Å²) in [6, 6.07) is 2.82. The zero-order valence-electron chi connectivity index (χ0n) is 14.6. The van der Waals surface area contributed by atoms with Gasteiger partial charge in [0, 0.05) is 57.0 Å². The minimum atomic E-state index is -0.250. The minimum absolute atomic E-state index is 0.199. The van der Waals surface area contributed by atoms with Crippen molar-refractivity contribution in [2.24, 2.45) is 13.0 Å². The third-order valence-corrected chi connectivity index (χ3v) is 4.76. The molecular weight excluding hydrogens is 320 g/mol. The van der Waals surface area contributed by atoms with Gasteiger partial charge in [0.15, 0.2) is 0 Å². The number of rotatable bonds is 5. The van der Waals surface area contributed by atoms with E-state index in [1.54, 1.807) is 25.5 Å². The molecule has 1 amide bonds. The molecule has 3 heterocycles. The molecule has 3 rings (SSSR count). The third-order valence-electron chi connectivity index (χ3n) is 4.76. The molecule has 0 aromatic carbocycles. The van der Waals surface area contributed by atoms with Crippen molar-refractivity contribution in [3.8, 4) is 0 Å². The molecule has 7 nitrogen and oxygen atoms in total. The van der Waals surface area contributed by atoms with Crippen LogP contribution in [0.3, 0.4) is 0 Å². The molecule has 1 aliphatic heterocycles. The highest BCUT2D eigenvalue weighted by Gasteiger charge is 2.30. The second-order valence-electron chi connectivity index (χ2n) is 6.34. The molecule has 0 radical (unpaired) electrons. The highest BCUT2D eigenvalue weighted by Crippen LogP contribution is 2.29. The number of aromatic nitrogens is 3. The number of ether oxygens (including phenoxy) is 1. The number of amides is 1. The van der Waals surface area contributed by atoms with E-state index in [9.17, 15) is 9.59 Å². The van der Waals surface area contributed by atoms with Crippen molar-refractivity contribution in [1.29, 1.82) is 0 Å². The largest absolute Gasteiger partial charge is 0.381 e. The maximum absolute atomic E-state index is 12.7. The predicted molar refractivity (Wildman–Crippen MR) is 93.3 cm³/mol. The first-order valence-electron chi connectivity index (χ1n) is 8.66. The normalized spacial score (nSPS) is 16.6. The molecule has 1 unspecified atom stereocenters. The predicted octanol–water partition coefficient (Wildman–Crippen LogP) is 1.50. The van der Waals surface area contributed by atoms with E-state index in [0.717, 1.165) is 25.2 Å². The van der Waals surface area contributed by atoms with E-state index in [1.165, 1.54) is 10.6 Å². The summed E-state index contributed by atoms with van der Waals surface area (Å²) in [4.78, 5) is 29.0. The monoisotopic (exact) mass is 344 g/mol. The summed E-state index contributed by atoms with van der Waals surface area (Å²) < 4.78 is 8.95. The summed E-state index contributed by atoms with van der Waals surface area (Å²) in [7, 11) is 1.66. The summed E-state index contributed by atoms with van der Waals surface area (Å²) in [6.07, 6.45) is 7.03. The summed E-state index contributed by atoms with van der Waals surface area (Å²) in [5.41, 5.74) is 0.167. The molecule has 0 saturated carbocycles. The Hall–Kier alpha value is -2.41. The average molecular weight is 344 g/mol. The molecule has 2 aromatic rings. The van der Waals surface area contributed by atoms with Gasteiger partial charge in [-0.3, -0.25) is 9.59 Å². The van der Waals surface area contributed by atoms with E-state index in [1.807, 2.05) is 10.8 Å². The number of imidazole rings is 1. The summed E-state index contributed by atoms with van der Waals surface area (Å²) in [5.74, 6) is 0.864. The van der Waals surface area contributed by atoms with Crippen molar-refractivity contribution in [3.63, 3.8) is 0 Å². The molecular formula is C18H24N4O3. The second-order valence-corrected chi connectivity index (χ2v) is 6.34. The number of carbonyl (C=O) groups is 1. The van der Waals surface area contributed by atoms with Gasteiger partial charge in [-0.1, -0.05) is 0 Å². The van der Waals surface area contributed by atoms with Gasteiger partial charge in [-0.05, 0) is 31.7 Å². The molecule has 0 spiro atoms. The molecule has 0 aliphatic carbocycles. The van der Waals surface area contributed by atoms with Crippen LogP contribution < -0.4 is 10.9 Å². The average Bonchev–Trinajstić information content (AvgIpc) is 3.11. The molecule has 2 aromatic heterocycles. The Balaban J connectivity index is 1.87. The summed E-state index contributed by atoms with van der Waals surface area (Å²) in [6.45, 7) is 4.22. The Bertz CT molecular complexity index is 790. The summed E-state index contributed by atoms with van der Waals surface area (Å²) >= 11 is 0. The topological polar surface area (TPSA) is 78.2 Å². The Morgan fingerprint density at radius 1 is 1.40 bits per heavy atom. The second kappa shape index (κ2) is 7.65. The fraction of sp³-hybridized carbons (Fsp3) is 0.500. The van der Waals surface area contributed by atoms with Gasteiger partial charge in [0.2, 0.25) is 0 Å². The van der Waals surface area contributed by atoms with Crippen LogP contribution >= 0.6 is 0 Å². The number of pyridine rings is 1. The first kappa shape index (κ1) is 17.4. The van der Waals surface area contributed by atoms with E-state index < -0.39 is 0 Å². The number of nitrogens with zero attached hydrogens (tertiary/aromatic N) is 3. The molecule has 134 valence electrons. The maximum atomic E-state index is 12.7. The van der Waals surface area contributed by atoms with Crippen LogP contribution in [0.5, 0.6) is 0 Å². The van der Waals surface area contributed by atoms with E-state index in [-0.39, 0.29) is 23.4 Å². The van der Waals surface area contributed by atoms with E-state index in [4.69, 9.17) is 4.74 Å². The van der Waals surface area contributed by atoms with E-state index in [2.05, 4.69) is 17.2 Å². The molecule has 25 heavy (non-hydrogen) atoms. The first-order valence-corrected chi connectivity index (χ1v) is 8.66. The zero-order valence-corrected chi connectivity index (χ0v) is 14.6. The Kier molecular flexibility index (Phi) is 5.33. The van der Waals surface area contributed by atoms with Gasteiger partial charge in [0.25, 0.3) is 11.5 Å².